The zero-order valence-electron chi connectivity index (χ0n) is 12.0. The molecule has 0 amide bonds. The van der Waals surface area contributed by atoms with Crippen LogP contribution in [0.1, 0.15) is 45.7 Å². The van der Waals surface area contributed by atoms with Gasteiger partial charge in [-0.2, -0.15) is 0 Å². The lowest BCUT2D eigenvalue weighted by molar-refractivity contribution is 0.146. The molecule has 1 heterocycles. The highest BCUT2D eigenvalue weighted by Gasteiger charge is 2.37. The van der Waals surface area contributed by atoms with Crippen molar-refractivity contribution in [2.24, 2.45) is 17.3 Å². The van der Waals surface area contributed by atoms with Gasteiger partial charge in [0.25, 0.3) is 0 Å². The van der Waals surface area contributed by atoms with E-state index in [1.54, 1.807) is 0 Å². The van der Waals surface area contributed by atoms with Gasteiger partial charge in [-0.15, -0.1) is 0 Å². The predicted octanol–water partition coefficient (Wildman–Crippen LogP) is 5.61. The van der Waals surface area contributed by atoms with Gasteiger partial charge in [-0.3, -0.25) is 4.98 Å². The summed E-state index contributed by atoms with van der Waals surface area (Å²) in [6, 6.07) is 4.23. The molecule has 0 radical (unpaired) electrons. The fourth-order valence-corrected chi connectivity index (χ4v) is 5.15. The van der Waals surface area contributed by atoms with Crippen molar-refractivity contribution in [3.8, 4) is 0 Å². The summed E-state index contributed by atoms with van der Waals surface area (Å²) in [6.45, 7) is 7.16. The molecule has 19 heavy (non-hydrogen) atoms. The van der Waals surface area contributed by atoms with E-state index in [9.17, 15) is 0 Å². The van der Waals surface area contributed by atoms with Crippen LogP contribution < -0.4 is 0 Å². The lowest BCUT2D eigenvalue weighted by Crippen LogP contribution is -2.37. The number of halogens is 2. The van der Waals surface area contributed by atoms with Crippen molar-refractivity contribution in [1.82, 2.24) is 4.98 Å². The largest absolute Gasteiger partial charge is 0.260 e. The van der Waals surface area contributed by atoms with Crippen molar-refractivity contribution in [3.63, 3.8) is 0 Å². The van der Waals surface area contributed by atoms with E-state index in [0.29, 0.717) is 10.2 Å². The van der Waals surface area contributed by atoms with Crippen LogP contribution in [0.15, 0.2) is 22.8 Å². The SMILES string of the molecule is CC1CCC(C(C)(C)Cc2ccc(Br)cn2)C(Br)C1. The highest BCUT2D eigenvalue weighted by molar-refractivity contribution is 9.10. The zero-order valence-corrected chi connectivity index (χ0v) is 15.2. The lowest BCUT2D eigenvalue weighted by Gasteiger charge is -2.42. The van der Waals surface area contributed by atoms with Crippen LogP contribution >= 0.6 is 31.9 Å². The Morgan fingerprint density at radius 3 is 2.63 bits per heavy atom. The molecule has 0 aromatic carbocycles. The highest BCUT2D eigenvalue weighted by Crippen LogP contribution is 2.45. The van der Waals surface area contributed by atoms with Gasteiger partial charge in [0.2, 0.25) is 0 Å². The second kappa shape index (κ2) is 6.26. The Morgan fingerprint density at radius 1 is 1.32 bits per heavy atom. The second-order valence-electron chi connectivity index (χ2n) is 6.67. The van der Waals surface area contributed by atoms with Gasteiger partial charge in [0, 0.05) is 21.2 Å². The third-order valence-electron chi connectivity index (χ3n) is 4.46. The van der Waals surface area contributed by atoms with Gasteiger partial charge in [0.1, 0.15) is 0 Å². The Kier molecular flexibility index (Phi) is 5.10. The van der Waals surface area contributed by atoms with Crippen molar-refractivity contribution in [2.75, 3.05) is 0 Å². The molecule has 1 fully saturated rings. The molecule has 106 valence electrons. The van der Waals surface area contributed by atoms with E-state index in [1.165, 1.54) is 25.0 Å². The minimum atomic E-state index is 0.301. The first-order chi connectivity index (χ1) is 8.88. The van der Waals surface area contributed by atoms with E-state index in [4.69, 9.17) is 0 Å². The number of pyridine rings is 1. The van der Waals surface area contributed by atoms with Crippen molar-refractivity contribution in [2.45, 2.75) is 51.3 Å². The van der Waals surface area contributed by atoms with Crippen LogP contribution in [-0.4, -0.2) is 9.81 Å². The summed E-state index contributed by atoms with van der Waals surface area (Å²) in [5.74, 6) is 1.61. The molecule has 1 saturated carbocycles. The first kappa shape index (κ1) is 15.5. The lowest BCUT2D eigenvalue weighted by atomic mass is 9.67. The van der Waals surface area contributed by atoms with Gasteiger partial charge in [-0.05, 0) is 64.6 Å². The van der Waals surface area contributed by atoms with Gasteiger partial charge in [-0.1, -0.05) is 43.1 Å². The Labute approximate surface area is 133 Å². The fourth-order valence-electron chi connectivity index (χ4n) is 3.30. The number of alkyl halides is 1. The Morgan fingerprint density at radius 2 is 2.05 bits per heavy atom. The van der Waals surface area contributed by atoms with Gasteiger partial charge in [-0.25, -0.2) is 0 Å². The molecule has 1 aromatic rings. The van der Waals surface area contributed by atoms with Crippen LogP contribution in [0.5, 0.6) is 0 Å². The molecule has 1 nitrogen and oxygen atoms in total. The molecule has 0 spiro atoms. The molecule has 1 aromatic heterocycles. The third-order valence-corrected chi connectivity index (χ3v) is 5.94. The Balaban J connectivity index is 2.07. The molecular formula is C16H23Br2N. The van der Waals surface area contributed by atoms with Gasteiger partial charge < -0.3 is 0 Å². The average molecular weight is 389 g/mol. The molecule has 3 unspecified atom stereocenters. The summed E-state index contributed by atoms with van der Waals surface area (Å²) in [5, 5.41) is 0. The molecule has 0 saturated heterocycles. The molecule has 0 bridgehead atoms. The smallest absolute Gasteiger partial charge is 0.0413 e. The maximum absolute atomic E-state index is 4.54. The first-order valence-corrected chi connectivity index (χ1v) is 8.84. The van der Waals surface area contributed by atoms with E-state index in [-0.39, 0.29) is 0 Å². The van der Waals surface area contributed by atoms with Crippen molar-refractivity contribution in [3.05, 3.63) is 28.5 Å². The number of hydrogen-bond donors (Lipinski definition) is 0. The normalized spacial score (nSPS) is 28.4. The molecular weight excluding hydrogens is 366 g/mol. The van der Waals surface area contributed by atoms with E-state index in [0.717, 1.165) is 22.7 Å². The van der Waals surface area contributed by atoms with Crippen LogP contribution in [0.2, 0.25) is 0 Å². The summed E-state index contributed by atoms with van der Waals surface area (Å²) >= 11 is 7.38. The maximum atomic E-state index is 4.54. The standard InChI is InChI=1S/C16H23Br2N/c1-11-4-7-14(15(18)8-11)16(2,3)9-13-6-5-12(17)10-19-13/h5-6,10-11,14-15H,4,7-9H2,1-3H3. The monoisotopic (exact) mass is 387 g/mol. The molecule has 3 heteroatoms. The third kappa shape index (κ3) is 4.04. The Bertz CT molecular complexity index is 413. The van der Waals surface area contributed by atoms with Crippen molar-refractivity contribution >= 4 is 31.9 Å². The number of hydrogen-bond acceptors (Lipinski definition) is 1. The predicted molar refractivity (Wildman–Crippen MR) is 88.6 cm³/mol. The fraction of sp³-hybridized carbons (Fsp3) is 0.688. The Hall–Kier alpha value is 0.110. The molecule has 2 rings (SSSR count). The number of rotatable bonds is 3. The topological polar surface area (TPSA) is 12.9 Å². The summed E-state index contributed by atoms with van der Waals surface area (Å²) in [6.07, 6.45) is 6.97. The van der Waals surface area contributed by atoms with Crippen LogP contribution in [0.25, 0.3) is 0 Å². The summed E-state index contributed by atoms with van der Waals surface area (Å²) in [4.78, 5) is 5.19. The second-order valence-corrected chi connectivity index (χ2v) is 8.77. The first-order valence-electron chi connectivity index (χ1n) is 7.13. The zero-order chi connectivity index (χ0) is 14.0. The minimum Gasteiger partial charge on any atom is -0.260 e. The molecule has 1 aliphatic rings. The molecule has 3 atom stereocenters. The van der Waals surface area contributed by atoms with Crippen molar-refractivity contribution < 1.29 is 0 Å². The number of nitrogens with zero attached hydrogens (tertiary/aromatic N) is 1. The van der Waals surface area contributed by atoms with Gasteiger partial charge in [0.15, 0.2) is 0 Å². The van der Waals surface area contributed by atoms with Crippen LogP contribution in [-0.2, 0) is 6.42 Å². The molecule has 0 N–H and O–H groups in total. The minimum absolute atomic E-state index is 0.301. The van der Waals surface area contributed by atoms with E-state index in [2.05, 4.69) is 69.7 Å². The average Bonchev–Trinajstić information content (AvgIpc) is 2.31. The molecule has 1 aliphatic carbocycles. The van der Waals surface area contributed by atoms with E-state index in [1.807, 2.05) is 6.20 Å². The highest BCUT2D eigenvalue weighted by atomic mass is 79.9. The summed E-state index contributed by atoms with van der Waals surface area (Å²) < 4.78 is 1.05. The quantitative estimate of drug-likeness (QED) is 0.613. The van der Waals surface area contributed by atoms with Crippen LogP contribution in [0, 0.1) is 17.3 Å². The maximum Gasteiger partial charge on any atom is 0.0413 e. The number of aromatic nitrogens is 1. The van der Waals surface area contributed by atoms with Crippen LogP contribution in [0.4, 0.5) is 0 Å². The van der Waals surface area contributed by atoms with E-state index >= 15 is 0 Å². The van der Waals surface area contributed by atoms with Gasteiger partial charge >= 0.3 is 0 Å². The van der Waals surface area contributed by atoms with Gasteiger partial charge in [0.05, 0.1) is 0 Å². The summed E-state index contributed by atoms with van der Waals surface area (Å²) in [5.41, 5.74) is 1.50. The van der Waals surface area contributed by atoms with Crippen molar-refractivity contribution in [1.29, 1.82) is 0 Å². The summed E-state index contributed by atoms with van der Waals surface area (Å²) in [7, 11) is 0. The molecule has 0 aliphatic heterocycles. The van der Waals surface area contributed by atoms with Crippen LogP contribution in [0.3, 0.4) is 0 Å². The van der Waals surface area contributed by atoms with E-state index < -0.39 is 0 Å².